The molecule has 0 saturated heterocycles. The topological polar surface area (TPSA) is 68.4 Å². The number of hydrogen-bond acceptors (Lipinski definition) is 3. The zero-order valence-corrected chi connectivity index (χ0v) is 13.2. The van der Waals surface area contributed by atoms with E-state index in [1.54, 1.807) is 0 Å². The number of hydrogen-bond donors (Lipinski definition) is 3. The van der Waals surface area contributed by atoms with Crippen molar-refractivity contribution < 1.29 is 9.90 Å². The molecule has 2 aromatic rings. The fraction of sp³-hybridized carbons (Fsp3) is 0.389. The van der Waals surface area contributed by atoms with E-state index in [4.69, 9.17) is 5.11 Å². The smallest absolute Gasteiger partial charge is 0.228 e. The summed E-state index contributed by atoms with van der Waals surface area (Å²) in [5.41, 5.74) is 5.00. The normalized spacial score (nSPS) is 23.5. The van der Waals surface area contributed by atoms with Gasteiger partial charge in [0.25, 0.3) is 0 Å². The van der Waals surface area contributed by atoms with Crippen LogP contribution in [-0.4, -0.2) is 53.7 Å². The van der Waals surface area contributed by atoms with E-state index in [1.807, 2.05) is 0 Å². The number of aliphatic hydroxyl groups excluding tert-OH is 1. The van der Waals surface area contributed by atoms with Crippen LogP contribution < -0.4 is 5.32 Å². The lowest BCUT2D eigenvalue weighted by Gasteiger charge is -2.39. The third kappa shape index (κ3) is 2.28. The van der Waals surface area contributed by atoms with E-state index in [0.29, 0.717) is 19.1 Å². The molecule has 0 spiro atoms. The molecular formula is C18H21N3O2. The molecule has 2 unspecified atom stereocenters. The van der Waals surface area contributed by atoms with Crippen molar-refractivity contribution in [1.82, 2.24) is 15.2 Å². The number of H-pyrrole nitrogens is 1. The predicted molar refractivity (Wildman–Crippen MR) is 90.0 cm³/mol. The van der Waals surface area contributed by atoms with Gasteiger partial charge in [-0.15, -0.1) is 0 Å². The number of aliphatic hydroxyl groups is 1. The van der Waals surface area contributed by atoms with Crippen LogP contribution in [0.15, 0.2) is 30.5 Å². The Bertz CT molecular complexity index is 793. The molecule has 2 atom stereocenters. The molecule has 3 N–H and O–H groups in total. The molecule has 0 bridgehead atoms. The van der Waals surface area contributed by atoms with Crippen LogP contribution in [0.5, 0.6) is 0 Å². The molecule has 5 heteroatoms. The van der Waals surface area contributed by atoms with Crippen molar-refractivity contribution in [2.45, 2.75) is 12.5 Å². The maximum Gasteiger partial charge on any atom is 0.228 e. The van der Waals surface area contributed by atoms with Crippen LogP contribution in [0.1, 0.15) is 11.1 Å². The molecule has 2 aliphatic rings. The van der Waals surface area contributed by atoms with Gasteiger partial charge in [0.2, 0.25) is 5.91 Å². The molecule has 120 valence electrons. The number of nitrogens with one attached hydrogen (secondary N) is 2. The summed E-state index contributed by atoms with van der Waals surface area (Å²) in [5.74, 6) is -0.183. The maximum absolute atomic E-state index is 12.3. The third-order valence-electron chi connectivity index (χ3n) is 5.02. The lowest BCUT2D eigenvalue weighted by atomic mass is 9.80. The second-order valence-corrected chi connectivity index (χ2v) is 6.44. The van der Waals surface area contributed by atoms with Crippen molar-refractivity contribution in [3.63, 3.8) is 0 Å². The summed E-state index contributed by atoms with van der Waals surface area (Å²) >= 11 is 0. The Morgan fingerprint density at radius 3 is 3.17 bits per heavy atom. The fourth-order valence-corrected chi connectivity index (χ4v) is 3.92. The number of aromatic nitrogens is 1. The first-order valence-corrected chi connectivity index (χ1v) is 8.09. The molecule has 1 aliphatic carbocycles. The molecule has 5 nitrogen and oxygen atoms in total. The van der Waals surface area contributed by atoms with E-state index in [-0.39, 0.29) is 18.4 Å². The van der Waals surface area contributed by atoms with Crippen molar-refractivity contribution in [1.29, 1.82) is 0 Å². The number of aromatic amines is 1. The number of amides is 1. The predicted octanol–water partition coefficient (Wildman–Crippen LogP) is 1.15. The fourth-order valence-electron chi connectivity index (χ4n) is 3.92. The van der Waals surface area contributed by atoms with E-state index in [1.165, 1.54) is 22.1 Å². The SMILES string of the molecule is CN1CC(C(=O)NCCO)C=C2c3cccc4[nH]cc(c34)CC21. The summed E-state index contributed by atoms with van der Waals surface area (Å²) in [7, 11) is 2.09. The molecule has 0 fully saturated rings. The van der Waals surface area contributed by atoms with Crippen molar-refractivity contribution in [3.8, 4) is 0 Å². The minimum absolute atomic E-state index is 0.0103. The summed E-state index contributed by atoms with van der Waals surface area (Å²) in [6, 6.07) is 6.64. The minimum Gasteiger partial charge on any atom is -0.395 e. The molecule has 1 aliphatic heterocycles. The van der Waals surface area contributed by atoms with Crippen LogP contribution in [-0.2, 0) is 11.2 Å². The van der Waals surface area contributed by atoms with E-state index in [9.17, 15) is 4.79 Å². The van der Waals surface area contributed by atoms with Crippen molar-refractivity contribution in [3.05, 3.63) is 41.6 Å². The van der Waals surface area contributed by atoms with Gasteiger partial charge in [-0.1, -0.05) is 18.2 Å². The average Bonchev–Trinajstić information content (AvgIpc) is 2.98. The minimum atomic E-state index is -0.173. The van der Waals surface area contributed by atoms with Gasteiger partial charge in [0.15, 0.2) is 0 Å². The van der Waals surface area contributed by atoms with Crippen LogP contribution >= 0.6 is 0 Å². The van der Waals surface area contributed by atoms with Crippen LogP contribution in [0.4, 0.5) is 0 Å². The number of carbonyl (C=O) groups is 1. The van der Waals surface area contributed by atoms with Crippen LogP contribution in [0.25, 0.3) is 16.5 Å². The lowest BCUT2D eigenvalue weighted by molar-refractivity contribution is -0.124. The molecule has 1 amide bonds. The Labute approximate surface area is 135 Å². The zero-order chi connectivity index (χ0) is 16.0. The highest BCUT2D eigenvalue weighted by atomic mass is 16.3. The third-order valence-corrected chi connectivity index (χ3v) is 5.02. The van der Waals surface area contributed by atoms with Gasteiger partial charge in [0.05, 0.1) is 12.5 Å². The molecule has 0 saturated carbocycles. The molecular weight excluding hydrogens is 290 g/mol. The Hall–Kier alpha value is -2.11. The first kappa shape index (κ1) is 14.5. The van der Waals surface area contributed by atoms with Crippen LogP contribution in [0, 0.1) is 5.92 Å². The molecule has 0 radical (unpaired) electrons. The number of rotatable bonds is 3. The Balaban J connectivity index is 1.77. The zero-order valence-electron chi connectivity index (χ0n) is 13.2. The van der Waals surface area contributed by atoms with Crippen LogP contribution in [0.3, 0.4) is 0 Å². The summed E-state index contributed by atoms with van der Waals surface area (Å²) in [6.45, 7) is 0.990. The quantitative estimate of drug-likeness (QED) is 0.796. The lowest BCUT2D eigenvalue weighted by Crippen LogP contribution is -2.46. The summed E-state index contributed by atoms with van der Waals surface area (Å²) in [6.07, 6.45) is 5.21. The second-order valence-electron chi connectivity index (χ2n) is 6.44. The van der Waals surface area contributed by atoms with E-state index >= 15 is 0 Å². The van der Waals surface area contributed by atoms with Crippen LogP contribution in [0.2, 0.25) is 0 Å². The molecule has 2 heterocycles. The highest BCUT2D eigenvalue weighted by Gasteiger charge is 2.35. The van der Waals surface area contributed by atoms with Gasteiger partial charge in [-0.25, -0.2) is 0 Å². The summed E-state index contributed by atoms with van der Waals surface area (Å²) in [4.78, 5) is 17.9. The number of nitrogens with zero attached hydrogens (tertiary/aromatic N) is 1. The van der Waals surface area contributed by atoms with E-state index in [2.05, 4.69) is 52.7 Å². The van der Waals surface area contributed by atoms with Gasteiger partial charge >= 0.3 is 0 Å². The molecule has 1 aromatic heterocycles. The number of benzene rings is 1. The van der Waals surface area contributed by atoms with Crippen molar-refractivity contribution >= 4 is 22.4 Å². The number of likely N-dealkylation sites (N-methyl/N-ethyl adjacent to an activating group) is 1. The number of fused-ring (bicyclic) bond motifs is 2. The number of carbonyl (C=O) groups excluding carboxylic acids is 1. The van der Waals surface area contributed by atoms with Gasteiger partial charge in [-0.2, -0.15) is 0 Å². The largest absolute Gasteiger partial charge is 0.395 e. The Morgan fingerprint density at radius 1 is 1.48 bits per heavy atom. The van der Waals surface area contributed by atoms with Gasteiger partial charge in [0, 0.05) is 36.2 Å². The van der Waals surface area contributed by atoms with Crippen molar-refractivity contribution in [2.24, 2.45) is 5.92 Å². The van der Waals surface area contributed by atoms with Crippen molar-refractivity contribution in [2.75, 3.05) is 26.7 Å². The van der Waals surface area contributed by atoms with Gasteiger partial charge in [-0.05, 0) is 36.2 Å². The summed E-state index contributed by atoms with van der Waals surface area (Å²) in [5, 5.41) is 13.0. The van der Waals surface area contributed by atoms with E-state index in [0.717, 1.165) is 11.9 Å². The second kappa shape index (κ2) is 5.51. The maximum atomic E-state index is 12.3. The standard InChI is InChI=1S/C18H21N3O2/c1-21-10-12(18(23)19-5-6-22)7-14-13-3-2-4-15-17(13)11(9-20-15)8-16(14)21/h2-4,7,9,12,16,20,22H,5-6,8,10H2,1H3,(H,19,23). The highest BCUT2D eigenvalue weighted by molar-refractivity contribution is 5.99. The summed E-state index contributed by atoms with van der Waals surface area (Å²) < 4.78 is 0. The molecule has 23 heavy (non-hydrogen) atoms. The average molecular weight is 311 g/mol. The first-order chi connectivity index (χ1) is 11.2. The van der Waals surface area contributed by atoms with E-state index < -0.39 is 0 Å². The van der Waals surface area contributed by atoms with Gasteiger partial charge < -0.3 is 15.4 Å². The Morgan fingerprint density at radius 2 is 2.35 bits per heavy atom. The van der Waals surface area contributed by atoms with Gasteiger partial charge in [-0.3, -0.25) is 9.69 Å². The first-order valence-electron chi connectivity index (χ1n) is 8.09. The Kier molecular flexibility index (Phi) is 3.47. The highest BCUT2D eigenvalue weighted by Crippen LogP contribution is 2.40. The molecule has 4 rings (SSSR count). The monoisotopic (exact) mass is 311 g/mol. The molecule has 1 aromatic carbocycles. The van der Waals surface area contributed by atoms with Gasteiger partial charge in [0.1, 0.15) is 0 Å².